The van der Waals surface area contributed by atoms with Crippen LogP contribution in [0.4, 0.5) is 11.4 Å². The molecule has 26 heavy (non-hydrogen) atoms. The van der Waals surface area contributed by atoms with Crippen LogP contribution in [0.3, 0.4) is 0 Å². The van der Waals surface area contributed by atoms with E-state index < -0.39 is 5.54 Å². The van der Waals surface area contributed by atoms with Crippen molar-refractivity contribution in [2.45, 2.75) is 24.5 Å². The van der Waals surface area contributed by atoms with Crippen molar-refractivity contribution in [1.29, 1.82) is 0 Å². The van der Waals surface area contributed by atoms with Gasteiger partial charge in [-0.3, -0.25) is 18.9 Å². The first-order valence-electron chi connectivity index (χ1n) is 8.27. The third-order valence-electron chi connectivity index (χ3n) is 4.49. The van der Waals surface area contributed by atoms with Crippen molar-refractivity contribution in [3.63, 3.8) is 0 Å². The third kappa shape index (κ3) is 2.64. The van der Waals surface area contributed by atoms with Gasteiger partial charge in [-0.25, -0.2) is 4.98 Å². The second-order valence-corrected chi connectivity index (χ2v) is 7.53. The number of nitrogens with zero attached hydrogens (tertiary/aromatic N) is 3. The van der Waals surface area contributed by atoms with E-state index in [1.807, 2.05) is 47.0 Å². The number of rotatable bonds is 3. The molecular weight excluding hydrogens is 348 g/mol. The molecule has 0 aliphatic carbocycles. The summed E-state index contributed by atoms with van der Waals surface area (Å²) in [7, 11) is 0. The largest absolute Gasteiger partial charge is 0.322 e. The third-order valence-corrected chi connectivity index (χ3v) is 5.44. The minimum atomic E-state index is -0.958. The van der Waals surface area contributed by atoms with Gasteiger partial charge in [0.15, 0.2) is 5.16 Å². The van der Waals surface area contributed by atoms with Crippen LogP contribution in [0.2, 0.25) is 0 Å². The molecule has 4 rings (SSSR count). The lowest BCUT2D eigenvalue weighted by molar-refractivity contribution is -0.125. The van der Waals surface area contributed by atoms with Gasteiger partial charge in [-0.05, 0) is 38.1 Å². The van der Waals surface area contributed by atoms with Crippen LogP contribution in [0.1, 0.15) is 13.8 Å². The van der Waals surface area contributed by atoms with Crippen LogP contribution in [0, 0.1) is 0 Å². The van der Waals surface area contributed by atoms with Crippen LogP contribution in [0.25, 0.3) is 5.52 Å². The number of benzene rings is 1. The van der Waals surface area contributed by atoms with E-state index in [2.05, 4.69) is 10.3 Å². The predicted octanol–water partition coefficient (Wildman–Crippen LogP) is 3.19. The zero-order valence-electron chi connectivity index (χ0n) is 14.5. The number of nitrogens with one attached hydrogen (secondary N) is 1. The number of anilines is 2. The quantitative estimate of drug-likeness (QED) is 0.723. The lowest BCUT2D eigenvalue weighted by Crippen LogP contribution is -2.58. The Morgan fingerprint density at radius 2 is 1.96 bits per heavy atom. The first-order valence-corrected chi connectivity index (χ1v) is 9.25. The molecule has 1 aliphatic rings. The number of hydrogen-bond donors (Lipinski definition) is 1. The number of thioether (sulfide) groups is 1. The van der Waals surface area contributed by atoms with Crippen LogP contribution in [-0.4, -0.2) is 32.5 Å². The Kier molecular flexibility index (Phi) is 3.96. The summed E-state index contributed by atoms with van der Waals surface area (Å²) in [5.74, 6) is -0.130. The highest BCUT2D eigenvalue weighted by molar-refractivity contribution is 7.99. The predicted molar refractivity (Wildman–Crippen MR) is 103 cm³/mol. The Hall–Kier alpha value is -2.80. The molecule has 0 unspecified atom stereocenters. The summed E-state index contributed by atoms with van der Waals surface area (Å²) in [5, 5.41) is 3.62. The number of hydrogen-bond acceptors (Lipinski definition) is 4. The van der Waals surface area contributed by atoms with E-state index >= 15 is 0 Å². The van der Waals surface area contributed by atoms with Gasteiger partial charge in [-0.15, -0.1) is 0 Å². The summed E-state index contributed by atoms with van der Waals surface area (Å²) in [6.07, 6.45) is 3.70. The van der Waals surface area contributed by atoms with Gasteiger partial charge in [0, 0.05) is 6.20 Å². The van der Waals surface area contributed by atoms with Crippen molar-refractivity contribution in [2.24, 2.45) is 0 Å². The average Bonchev–Trinajstić information content (AvgIpc) is 3.04. The molecule has 3 heterocycles. The van der Waals surface area contributed by atoms with Crippen molar-refractivity contribution in [3.05, 3.63) is 54.9 Å². The molecule has 0 fully saturated rings. The van der Waals surface area contributed by atoms with Gasteiger partial charge in [-0.2, -0.15) is 0 Å². The average molecular weight is 366 g/mol. The van der Waals surface area contributed by atoms with E-state index in [9.17, 15) is 9.59 Å². The molecule has 0 saturated carbocycles. The topological polar surface area (TPSA) is 66.7 Å². The molecule has 3 aromatic rings. The van der Waals surface area contributed by atoms with Crippen LogP contribution in [0.5, 0.6) is 0 Å². The minimum absolute atomic E-state index is 0.130. The summed E-state index contributed by atoms with van der Waals surface area (Å²) >= 11 is 1.36. The molecule has 1 aromatic carbocycles. The number of amides is 2. The first kappa shape index (κ1) is 16.7. The maximum Gasteiger partial charge on any atom is 0.250 e. The number of aromatic nitrogens is 2. The molecule has 0 bridgehead atoms. The number of carbonyl (C=O) groups is 2. The summed E-state index contributed by atoms with van der Waals surface area (Å²) in [6.45, 7) is 3.51. The van der Waals surface area contributed by atoms with E-state index in [-0.39, 0.29) is 17.6 Å². The standard InChI is InChI=1S/C19H18N4O2S/c1-19(2)17(25)21-14-8-3-4-9-15(14)23(19)16(24)12-26-18-20-11-13-7-5-6-10-22(13)18/h3-11H,12H2,1-2H3,(H,21,25). The van der Waals surface area contributed by atoms with Crippen LogP contribution in [0.15, 0.2) is 60.0 Å². The van der Waals surface area contributed by atoms with Gasteiger partial charge in [-0.1, -0.05) is 30.0 Å². The van der Waals surface area contributed by atoms with Gasteiger partial charge in [0.25, 0.3) is 0 Å². The van der Waals surface area contributed by atoms with Crippen molar-refractivity contribution < 1.29 is 9.59 Å². The zero-order chi connectivity index (χ0) is 18.3. The molecule has 2 aromatic heterocycles. The summed E-state index contributed by atoms with van der Waals surface area (Å²) < 4.78 is 1.94. The zero-order valence-corrected chi connectivity index (χ0v) is 15.3. The molecule has 1 N–H and O–H groups in total. The van der Waals surface area contributed by atoms with E-state index in [0.29, 0.717) is 5.69 Å². The lowest BCUT2D eigenvalue weighted by Gasteiger charge is -2.42. The molecule has 132 valence electrons. The highest BCUT2D eigenvalue weighted by Crippen LogP contribution is 2.37. The lowest BCUT2D eigenvalue weighted by atomic mass is 9.96. The Morgan fingerprint density at radius 1 is 1.19 bits per heavy atom. The smallest absolute Gasteiger partial charge is 0.250 e. The molecule has 1 aliphatic heterocycles. The van der Waals surface area contributed by atoms with Crippen LogP contribution < -0.4 is 10.2 Å². The fraction of sp³-hybridized carbons (Fsp3) is 0.211. The van der Waals surface area contributed by atoms with Gasteiger partial charge >= 0.3 is 0 Å². The Bertz CT molecular complexity index is 1010. The Balaban J connectivity index is 1.61. The molecular formula is C19H18N4O2S. The molecule has 2 amide bonds. The van der Waals surface area contributed by atoms with E-state index in [4.69, 9.17) is 0 Å². The van der Waals surface area contributed by atoms with Crippen molar-refractivity contribution >= 4 is 40.5 Å². The van der Waals surface area contributed by atoms with E-state index in [1.165, 1.54) is 11.8 Å². The van der Waals surface area contributed by atoms with Gasteiger partial charge in [0.05, 0.1) is 28.8 Å². The van der Waals surface area contributed by atoms with Crippen molar-refractivity contribution in [1.82, 2.24) is 9.38 Å². The van der Waals surface area contributed by atoms with Crippen molar-refractivity contribution in [2.75, 3.05) is 16.0 Å². The van der Waals surface area contributed by atoms with Gasteiger partial charge in [0.1, 0.15) is 5.54 Å². The molecule has 0 radical (unpaired) electrons. The summed E-state index contributed by atoms with van der Waals surface area (Å²) in [6, 6.07) is 13.2. The number of carbonyl (C=O) groups excluding carboxylic acids is 2. The molecule has 6 nitrogen and oxygen atoms in total. The minimum Gasteiger partial charge on any atom is -0.322 e. The van der Waals surface area contributed by atoms with Crippen molar-refractivity contribution in [3.8, 4) is 0 Å². The Morgan fingerprint density at radius 3 is 2.81 bits per heavy atom. The second-order valence-electron chi connectivity index (χ2n) is 6.58. The SMILES string of the molecule is CC1(C)C(=O)Nc2ccccc2N1C(=O)CSc1ncc2ccccn12. The number of para-hydroxylation sites is 2. The summed E-state index contributed by atoms with van der Waals surface area (Å²) in [5.41, 5.74) is 1.39. The first-order chi connectivity index (χ1) is 12.5. The second kappa shape index (κ2) is 6.17. The maximum atomic E-state index is 13.0. The molecule has 0 saturated heterocycles. The number of fused-ring (bicyclic) bond motifs is 2. The highest BCUT2D eigenvalue weighted by atomic mass is 32.2. The highest BCUT2D eigenvalue weighted by Gasteiger charge is 2.43. The van der Waals surface area contributed by atoms with Crippen LogP contribution >= 0.6 is 11.8 Å². The fourth-order valence-electron chi connectivity index (χ4n) is 3.12. The van der Waals surface area contributed by atoms with E-state index in [1.54, 1.807) is 31.0 Å². The number of imidazole rings is 1. The monoisotopic (exact) mass is 366 g/mol. The maximum absolute atomic E-state index is 13.0. The summed E-state index contributed by atoms with van der Waals surface area (Å²) in [4.78, 5) is 31.5. The number of pyridine rings is 1. The molecule has 0 spiro atoms. The fourth-order valence-corrected chi connectivity index (χ4v) is 3.93. The van der Waals surface area contributed by atoms with Gasteiger partial charge in [0.2, 0.25) is 11.8 Å². The van der Waals surface area contributed by atoms with Gasteiger partial charge < -0.3 is 5.32 Å². The Labute approximate surface area is 155 Å². The normalized spacial score (nSPS) is 15.6. The van der Waals surface area contributed by atoms with Crippen LogP contribution in [-0.2, 0) is 9.59 Å². The van der Waals surface area contributed by atoms with E-state index in [0.717, 1.165) is 16.4 Å². The molecule has 7 heteroatoms. The molecule has 0 atom stereocenters.